The molecule has 0 aromatic rings. The van der Waals surface area contributed by atoms with E-state index in [2.05, 4.69) is 47.6 Å². The van der Waals surface area contributed by atoms with Gasteiger partial charge >= 0.3 is 5.97 Å². The van der Waals surface area contributed by atoms with Crippen molar-refractivity contribution >= 4 is 11.8 Å². The normalized spacial score (nSPS) is 53.1. The Morgan fingerprint density at radius 1 is 0.848 bits per heavy atom. The summed E-state index contributed by atoms with van der Waals surface area (Å²) in [5.74, 6) is 1.40. The van der Waals surface area contributed by atoms with Gasteiger partial charge in [-0.25, -0.2) is 0 Å². The number of carbonyl (C=O) groups is 2. The smallest absolute Gasteiger partial charge is 0.309 e. The standard InChI is InChI=1S/C30H46O3/c1-25(2)19-9-13-29(6)20-8-12-26(3)16-17-27(4,24(32)33)18-22(26)30(20,7)14-10-21(29)28(19,5)15-11-23(25)31/h8,19,21-22H,9-18H2,1-7H3,(H,32,33)/t19-,21+,22+,26-,27+,28-,29-,30+/m0/s1. The van der Waals surface area contributed by atoms with Crippen molar-refractivity contribution in [2.45, 2.75) is 113 Å². The second kappa shape index (κ2) is 6.76. The lowest BCUT2D eigenvalue weighted by atomic mass is 9.35. The predicted octanol–water partition coefficient (Wildman–Crippen LogP) is 7.44. The van der Waals surface area contributed by atoms with E-state index in [1.54, 1.807) is 5.57 Å². The Morgan fingerprint density at radius 3 is 2.09 bits per heavy atom. The molecule has 0 aliphatic heterocycles. The lowest BCUT2D eigenvalue weighted by molar-refractivity contribution is -0.172. The second-order valence-corrected chi connectivity index (χ2v) is 14.8. The zero-order valence-electron chi connectivity index (χ0n) is 22.1. The summed E-state index contributed by atoms with van der Waals surface area (Å²) in [6, 6.07) is 0. The molecule has 8 atom stereocenters. The Labute approximate surface area is 201 Å². The number of ketones is 1. The van der Waals surface area contributed by atoms with E-state index in [9.17, 15) is 14.7 Å². The van der Waals surface area contributed by atoms with Crippen molar-refractivity contribution in [2.24, 2.45) is 50.2 Å². The summed E-state index contributed by atoms with van der Waals surface area (Å²) in [5, 5.41) is 10.1. The van der Waals surface area contributed by atoms with Gasteiger partial charge in [0.25, 0.3) is 0 Å². The average molecular weight is 455 g/mol. The second-order valence-electron chi connectivity index (χ2n) is 14.8. The van der Waals surface area contributed by atoms with Crippen molar-refractivity contribution in [3.05, 3.63) is 11.6 Å². The number of rotatable bonds is 1. The predicted molar refractivity (Wildman–Crippen MR) is 132 cm³/mol. The Hall–Kier alpha value is -1.12. The summed E-state index contributed by atoms with van der Waals surface area (Å²) >= 11 is 0. The van der Waals surface area contributed by atoms with E-state index < -0.39 is 11.4 Å². The number of hydrogen-bond donors (Lipinski definition) is 1. The number of carboxylic acid groups (broad SMARTS) is 1. The summed E-state index contributed by atoms with van der Waals surface area (Å²) in [6.07, 6.45) is 12.9. The number of allylic oxidation sites excluding steroid dienone is 2. The van der Waals surface area contributed by atoms with Crippen molar-refractivity contribution < 1.29 is 14.7 Å². The van der Waals surface area contributed by atoms with Crippen LogP contribution < -0.4 is 0 Å². The van der Waals surface area contributed by atoms with Crippen molar-refractivity contribution in [1.82, 2.24) is 0 Å². The molecule has 0 bridgehead atoms. The third-order valence-electron chi connectivity index (χ3n) is 12.8. The molecule has 0 aromatic carbocycles. The molecule has 5 aliphatic rings. The van der Waals surface area contributed by atoms with Crippen LogP contribution in [-0.4, -0.2) is 16.9 Å². The maximum atomic E-state index is 12.9. The number of fused-ring (bicyclic) bond motifs is 7. The van der Waals surface area contributed by atoms with Crippen LogP contribution in [0.25, 0.3) is 0 Å². The molecule has 4 fully saturated rings. The van der Waals surface area contributed by atoms with Crippen LogP contribution in [-0.2, 0) is 9.59 Å². The first-order valence-corrected chi connectivity index (χ1v) is 13.6. The zero-order chi connectivity index (χ0) is 24.2. The Morgan fingerprint density at radius 2 is 1.45 bits per heavy atom. The van der Waals surface area contributed by atoms with Crippen LogP contribution in [0.4, 0.5) is 0 Å². The van der Waals surface area contributed by atoms with Gasteiger partial charge in [-0.3, -0.25) is 9.59 Å². The molecule has 0 aromatic heterocycles. The molecule has 0 saturated heterocycles. The van der Waals surface area contributed by atoms with Crippen LogP contribution >= 0.6 is 0 Å². The van der Waals surface area contributed by atoms with Gasteiger partial charge < -0.3 is 5.11 Å². The lowest BCUT2D eigenvalue weighted by Gasteiger charge is -2.69. The Bertz CT molecular complexity index is 931. The molecular weight excluding hydrogens is 408 g/mol. The minimum Gasteiger partial charge on any atom is -0.481 e. The molecule has 5 rings (SSSR count). The first kappa shape index (κ1) is 23.6. The highest BCUT2D eigenvalue weighted by atomic mass is 16.4. The molecule has 0 spiro atoms. The van der Waals surface area contributed by atoms with E-state index in [0.29, 0.717) is 23.5 Å². The first-order valence-electron chi connectivity index (χ1n) is 13.6. The Kier molecular flexibility index (Phi) is 4.83. The number of hydrogen-bond acceptors (Lipinski definition) is 2. The topological polar surface area (TPSA) is 54.4 Å². The molecule has 3 nitrogen and oxygen atoms in total. The van der Waals surface area contributed by atoms with Gasteiger partial charge in [0.2, 0.25) is 0 Å². The molecule has 0 amide bonds. The van der Waals surface area contributed by atoms with Gasteiger partial charge in [-0.2, -0.15) is 0 Å². The molecule has 1 N–H and O–H groups in total. The number of carbonyl (C=O) groups excluding carboxylic acids is 1. The van der Waals surface area contributed by atoms with Crippen LogP contribution in [0.5, 0.6) is 0 Å². The quantitative estimate of drug-likeness (QED) is 0.419. The van der Waals surface area contributed by atoms with E-state index >= 15 is 0 Å². The van der Waals surface area contributed by atoms with E-state index in [1.165, 1.54) is 19.3 Å². The third kappa shape index (κ3) is 2.86. The van der Waals surface area contributed by atoms with Gasteiger partial charge in [-0.05, 0) is 104 Å². The number of carboxylic acids is 1. The fourth-order valence-corrected chi connectivity index (χ4v) is 10.7. The van der Waals surface area contributed by atoms with E-state index in [0.717, 1.165) is 44.9 Å². The molecule has 33 heavy (non-hydrogen) atoms. The maximum absolute atomic E-state index is 12.9. The van der Waals surface area contributed by atoms with Crippen LogP contribution in [0.2, 0.25) is 0 Å². The van der Waals surface area contributed by atoms with Crippen molar-refractivity contribution in [2.75, 3.05) is 0 Å². The summed E-state index contributed by atoms with van der Waals surface area (Å²) < 4.78 is 0. The number of Topliss-reactive ketones (excluding diaryl/α,β-unsaturated/α-hetero) is 1. The highest BCUT2D eigenvalue weighted by Gasteiger charge is 2.67. The van der Waals surface area contributed by atoms with Crippen molar-refractivity contribution in [1.29, 1.82) is 0 Å². The molecular formula is C30H46O3. The SMILES string of the molecule is CC1(C)C(=O)CC[C@]2(C)[C@H]3CC[C@]4(C)C(=CC[C@@]5(C)CC[C@@](C)(C(=O)O)C[C@H]54)[C@]3(C)CC[C@@H]12. The van der Waals surface area contributed by atoms with Crippen LogP contribution in [0.3, 0.4) is 0 Å². The minimum atomic E-state index is -0.605. The van der Waals surface area contributed by atoms with Gasteiger partial charge in [-0.15, -0.1) is 0 Å². The van der Waals surface area contributed by atoms with Gasteiger partial charge in [0, 0.05) is 11.8 Å². The molecule has 0 heterocycles. The molecule has 0 unspecified atom stereocenters. The van der Waals surface area contributed by atoms with Gasteiger partial charge in [0.1, 0.15) is 5.78 Å². The van der Waals surface area contributed by atoms with E-state index in [-0.39, 0.29) is 27.1 Å². The highest BCUT2D eigenvalue weighted by Crippen LogP contribution is 2.74. The fraction of sp³-hybridized carbons (Fsp3) is 0.867. The van der Waals surface area contributed by atoms with E-state index in [4.69, 9.17) is 0 Å². The maximum Gasteiger partial charge on any atom is 0.309 e. The average Bonchev–Trinajstić information content (AvgIpc) is 2.71. The molecule has 0 radical (unpaired) electrons. The van der Waals surface area contributed by atoms with Crippen LogP contribution in [0.15, 0.2) is 11.6 Å². The largest absolute Gasteiger partial charge is 0.481 e. The highest BCUT2D eigenvalue weighted by molar-refractivity contribution is 5.85. The van der Waals surface area contributed by atoms with Gasteiger partial charge in [0.05, 0.1) is 5.41 Å². The molecule has 4 saturated carbocycles. The summed E-state index contributed by atoms with van der Waals surface area (Å²) in [4.78, 5) is 25.1. The third-order valence-corrected chi connectivity index (χ3v) is 12.8. The van der Waals surface area contributed by atoms with Gasteiger partial charge in [-0.1, -0.05) is 53.2 Å². The lowest BCUT2D eigenvalue weighted by Crippen LogP contribution is -2.62. The minimum absolute atomic E-state index is 0.0958. The molecule has 184 valence electrons. The molecule has 5 aliphatic carbocycles. The first-order chi connectivity index (χ1) is 15.1. The van der Waals surface area contributed by atoms with E-state index in [1.807, 2.05) is 6.92 Å². The summed E-state index contributed by atoms with van der Waals surface area (Å²) in [6.45, 7) is 16.4. The fourth-order valence-electron chi connectivity index (χ4n) is 10.7. The molecule has 3 heteroatoms. The summed E-state index contributed by atoms with van der Waals surface area (Å²) in [7, 11) is 0. The van der Waals surface area contributed by atoms with Crippen LogP contribution in [0, 0.1) is 50.2 Å². The monoisotopic (exact) mass is 454 g/mol. The van der Waals surface area contributed by atoms with Crippen LogP contribution in [0.1, 0.15) is 113 Å². The zero-order valence-corrected chi connectivity index (χ0v) is 22.1. The summed E-state index contributed by atoms with van der Waals surface area (Å²) in [5.41, 5.74) is 1.57. The van der Waals surface area contributed by atoms with Crippen molar-refractivity contribution in [3.63, 3.8) is 0 Å². The van der Waals surface area contributed by atoms with Crippen molar-refractivity contribution in [3.8, 4) is 0 Å². The van der Waals surface area contributed by atoms with Gasteiger partial charge in [0.15, 0.2) is 0 Å². The number of aliphatic carboxylic acids is 1. The Balaban J connectivity index is 1.56.